The Morgan fingerprint density at radius 3 is 2.09 bits per heavy atom. The molecule has 0 fully saturated rings. The van der Waals surface area contributed by atoms with Crippen molar-refractivity contribution in [3.05, 3.63) is 102 Å². The lowest BCUT2D eigenvalue weighted by Gasteiger charge is -2.27. The molecule has 2 aromatic carbocycles. The van der Waals surface area contributed by atoms with Gasteiger partial charge in [-0.05, 0) is 47.9 Å². The van der Waals surface area contributed by atoms with Crippen LogP contribution in [0, 0.1) is 0 Å². The average Bonchev–Trinajstić information content (AvgIpc) is 2.76. The van der Waals surface area contributed by atoms with Crippen LogP contribution in [0.4, 0.5) is 32.0 Å². The predicted molar refractivity (Wildman–Crippen MR) is 115 cm³/mol. The summed E-state index contributed by atoms with van der Waals surface area (Å²) in [4.78, 5) is 14.2. The number of nitrogens with two attached hydrogens (primary N) is 1. The molecule has 0 bridgehead atoms. The maximum absolute atomic E-state index is 13.2. The van der Waals surface area contributed by atoms with E-state index in [-0.39, 0.29) is 18.7 Å². The number of carbonyl (C=O) groups is 1. The summed E-state index contributed by atoms with van der Waals surface area (Å²) in [5.41, 5.74) is 4.98. The lowest BCUT2D eigenvalue weighted by atomic mass is 10.0. The van der Waals surface area contributed by atoms with Crippen molar-refractivity contribution in [1.29, 1.82) is 0 Å². The minimum absolute atomic E-state index is 0.0424. The Morgan fingerprint density at radius 1 is 0.970 bits per heavy atom. The first-order valence-electron chi connectivity index (χ1n) is 9.74. The number of alkyl halides is 6. The second-order valence-electron chi connectivity index (χ2n) is 7.07. The molecular weight excluding hydrogens is 446 g/mol. The Kier molecular flexibility index (Phi) is 8.27. The third-order valence-corrected chi connectivity index (χ3v) is 4.83. The minimum atomic E-state index is -4.63. The zero-order valence-electron chi connectivity index (χ0n) is 17.5. The number of halogens is 6. The van der Waals surface area contributed by atoms with Gasteiger partial charge in [-0.1, -0.05) is 49.6 Å². The molecule has 0 saturated heterocycles. The molecule has 176 valence electrons. The van der Waals surface area contributed by atoms with Gasteiger partial charge in [0, 0.05) is 12.2 Å². The molecule has 0 aliphatic heterocycles. The summed E-state index contributed by atoms with van der Waals surface area (Å²) in [6, 6.07) is 7.27. The van der Waals surface area contributed by atoms with Crippen LogP contribution in [0.25, 0.3) is 0 Å². The van der Waals surface area contributed by atoms with Crippen LogP contribution in [0.1, 0.15) is 16.7 Å². The van der Waals surface area contributed by atoms with Gasteiger partial charge in [0.15, 0.2) is 0 Å². The molecule has 33 heavy (non-hydrogen) atoms. The summed E-state index contributed by atoms with van der Waals surface area (Å²) in [7, 11) is 0. The number of nitrogens with zero attached hydrogens (tertiary/aromatic N) is 1. The number of hydrogen-bond acceptors (Lipinski definition) is 2. The number of carbonyl (C=O) groups excluding carboxylic acids is 1. The van der Waals surface area contributed by atoms with Crippen LogP contribution in [0.3, 0.4) is 0 Å². The quantitative estimate of drug-likeness (QED) is 0.386. The summed E-state index contributed by atoms with van der Waals surface area (Å²) >= 11 is 0. The molecule has 2 rings (SSSR count). The molecule has 1 unspecified atom stereocenters. The van der Waals surface area contributed by atoms with Crippen LogP contribution in [0.2, 0.25) is 0 Å². The lowest BCUT2D eigenvalue weighted by Crippen LogP contribution is -2.45. The summed E-state index contributed by atoms with van der Waals surface area (Å²) < 4.78 is 77.9. The van der Waals surface area contributed by atoms with Gasteiger partial charge in [-0.3, -0.25) is 4.79 Å². The first-order chi connectivity index (χ1) is 15.4. The van der Waals surface area contributed by atoms with E-state index in [4.69, 9.17) is 5.73 Å². The largest absolute Gasteiger partial charge is 0.416 e. The molecule has 0 aromatic heterocycles. The van der Waals surface area contributed by atoms with Gasteiger partial charge in [-0.15, -0.1) is 0 Å². The lowest BCUT2D eigenvalue weighted by molar-refractivity contribution is -0.138. The highest BCUT2D eigenvalue weighted by molar-refractivity contribution is 5.99. The highest BCUT2D eigenvalue weighted by Crippen LogP contribution is 2.32. The Labute approximate surface area is 187 Å². The maximum atomic E-state index is 13.2. The second-order valence-corrected chi connectivity index (χ2v) is 7.07. The maximum Gasteiger partial charge on any atom is 0.416 e. The Balaban J connectivity index is 2.38. The molecule has 0 radical (unpaired) electrons. The standard InChI is InChI=1S/C24H22F6N2O/c1-3-6-17(4-2)21(31)22(33)32(20-8-5-7-19(15-20)24(28,29)30)14-13-16-9-11-18(12-10-16)23(25,26)27/h3-12,15,21H,1-2,13-14,31H2/b17-6+. The van der Waals surface area contributed by atoms with Gasteiger partial charge in [0.2, 0.25) is 5.91 Å². The third-order valence-electron chi connectivity index (χ3n) is 4.83. The summed E-state index contributed by atoms with van der Waals surface area (Å²) in [6.07, 6.45) is -4.86. The van der Waals surface area contributed by atoms with Crippen LogP contribution in [0.5, 0.6) is 0 Å². The van der Waals surface area contributed by atoms with Crippen LogP contribution in [-0.4, -0.2) is 18.5 Å². The van der Waals surface area contributed by atoms with E-state index in [0.717, 1.165) is 35.2 Å². The van der Waals surface area contributed by atoms with E-state index in [0.29, 0.717) is 11.1 Å². The normalized spacial score (nSPS) is 13.4. The van der Waals surface area contributed by atoms with E-state index in [1.807, 2.05) is 0 Å². The minimum Gasteiger partial charge on any atom is -0.316 e. The monoisotopic (exact) mass is 468 g/mol. The highest BCUT2D eigenvalue weighted by Gasteiger charge is 2.32. The predicted octanol–water partition coefficient (Wildman–Crippen LogP) is 5.93. The van der Waals surface area contributed by atoms with Gasteiger partial charge in [0.05, 0.1) is 11.1 Å². The molecule has 2 aromatic rings. The molecule has 2 N–H and O–H groups in total. The summed E-state index contributed by atoms with van der Waals surface area (Å²) in [6.45, 7) is 6.98. The first-order valence-corrected chi connectivity index (χ1v) is 9.74. The molecule has 0 heterocycles. The van der Waals surface area contributed by atoms with E-state index < -0.39 is 35.4 Å². The van der Waals surface area contributed by atoms with Crippen LogP contribution in [-0.2, 0) is 23.6 Å². The molecule has 9 heteroatoms. The van der Waals surface area contributed by atoms with Crippen LogP contribution >= 0.6 is 0 Å². The SMILES string of the molecule is C=C/C=C(\C=C)C(N)C(=O)N(CCc1ccc(C(F)(F)F)cc1)c1cccc(C(F)(F)F)c1. The van der Waals surface area contributed by atoms with Crippen molar-refractivity contribution in [3.8, 4) is 0 Å². The summed E-state index contributed by atoms with van der Waals surface area (Å²) in [5, 5.41) is 0. The van der Waals surface area contributed by atoms with E-state index in [1.54, 1.807) is 0 Å². The van der Waals surface area contributed by atoms with Gasteiger partial charge < -0.3 is 10.6 Å². The van der Waals surface area contributed by atoms with E-state index in [9.17, 15) is 31.1 Å². The van der Waals surface area contributed by atoms with Crippen molar-refractivity contribution >= 4 is 11.6 Å². The molecule has 3 nitrogen and oxygen atoms in total. The fourth-order valence-corrected chi connectivity index (χ4v) is 3.06. The number of benzene rings is 2. The van der Waals surface area contributed by atoms with Gasteiger partial charge in [-0.25, -0.2) is 0 Å². The Bertz CT molecular complexity index is 1020. The van der Waals surface area contributed by atoms with Crippen molar-refractivity contribution in [2.24, 2.45) is 5.73 Å². The molecule has 0 aliphatic rings. The van der Waals surface area contributed by atoms with Crippen LogP contribution < -0.4 is 10.6 Å². The van der Waals surface area contributed by atoms with Gasteiger partial charge in [-0.2, -0.15) is 26.3 Å². The second kappa shape index (κ2) is 10.5. The van der Waals surface area contributed by atoms with Gasteiger partial charge in [0.25, 0.3) is 0 Å². The van der Waals surface area contributed by atoms with Crippen molar-refractivity contribution in [2.45, 2.75) is 24.8 Å². The summed E-state index contributed by atoms with van der Waals surface area (Å²) in [5.74, 6) is -0.700. The van der Waals surface area contributed by atoms with E-state index in [2.05, 4.69) is 13.2 Å². The van der Waals surface area contributed by atoms with Crippen LogP contribution in [0.15, 0.2) is 85.5 Å². The van der Waals surface area contributed by atoms with E-state index in [1.165, 1.54) is 36.4 Å². The number of anilines is 1. The first kappa shape index (κ1) is 25.9. The molecule has 1 atom stereocenters. The topological polar surface area (TPSA) is 46.3 Å². The van der Waals surface area contributed by atoms with Gasteiger partial charge >= 0.3 is 12.4 Å². The van der Waals surface area contributed by atoms with Crippen molar-refractivity contribution in [2.75, 3.05) is 11.4 Å². The van der Waals surface area contributed by atoms with Gasteiger partial charge in [0.1, 0.15) is 6.04 Å². The molecular formula is C24H22F6N2O. The molecule has 1 amide bonds. The third kappa shape index (κ3) is 6.82. The number of rotatable bonds is 8. The van der Waals surface area contributed by atoms with Crippen molar-refractivity contribution < 1.29 is 31.1 Å². The zero-order chi connectivity index (χ0) is 24.8. The fraction of sp³-hybridized carbons (Fsp3) is 0.208. The molecule has 0 saturated carbocycles. The molecule has 0 aliphatic carbocycles. The average molecular weight is 468 g/mol. The number of amides is 1. The zero-order valence-corrected chi connectivity index (χ0v) is 17.5. The number of hydrogen-bond donors (Lipinski definition) is 1. The van der Waals surface area contributed by atoms with Crippen molar-refractivity contribution in [3.63, 3.8) is 0 Å². The number of allylic oxidation sites excluding steroid dienone is 2. The molecule has 0 spiro atoms. The van der Waals surface area contributed by atoms with E-state index >= 15 is 0 Å². The van der Waals surface area contributed by atoms with Crippen molar-refractivity contribution in [1.82, 2.24) is 0 Å². The smallest absolute Gasteiger partial charge is 0.316 e. The Morgan fingerprint density at radius 2 is 1.58 bits per heavy atom. The highest BCUT2D eigenvalue weighted by atomic mass is 19.4. The Hall–Kier alpha value is -3.33. The fourth-order valence-electron chi connectivity index (χ4n) is 3.06.